The number of hydrogen-bond donors (Lipinski definition) is 1. The summed E-state index contributed by atoms with van der Waals surface area (Å²) in [7, 11) is 0. The molecule has 84 valence electrons. The Morgan fingerprint density at radius 3 is 2.81 bits per heavy atom. The van der Waals surface area contributed by atoms with Crippen LogP contribution in [0.15, 0.2) is 33.3 Å². The second-order valence-corrected chi connectivity index (χ2v) is 6.49. The summed E-state index contributed by atoms with van der Waals surface area (Å²) in [6.07, 6.45) is 1.78. The number of thiophene rings is 1. The van der Waals surface area contributed by atoms with Gasteiger partial charge in [0.25, 0.3) is 0 Å². The maximum absolute atomic E-state index is 4.30. The molecule has 2 rings (SSSR count). The molecule has 16 heavy (non-hydrogen) atoms. The minimum absolute atomic E-state index is 0.811. The lowest BCUT2D eigenvalue weighted by molar-refractivity contribution is 1.13. The molecule has 5 heteroatoms. The molecular formula is C11H10Br2N2S. The van der Waals surface area contributed by atoms with Gasteiger partial charge in [0, 0.05) is 20.4 Å². The molecule has 0 fully saturated rings. The smallest absolute Gasteiger partial charge is 0.140 e. The van der Waals surface area contributed by atoms with Crippen molar-refractivity contribution in [3.05, 3.63) is 43.1 Å². The van der Waals surface area contributed by atoms with E-state index in [4.69, 9.17) is 0 Å². The van der Waals surface area contributed by atoms with Crippen LogP contribution in [-0.4, -0.2) is 4.98 Å². The van der Waals surface area contributed by atoms with E-state index in [1.807, 2.05) is 6.07 Å². The van der Waals surface area contributed by atoms with Crippen LogP contribution in [0.1, 0.15) is 9.75 Å². The van der Waals surface area contributed by atoms with Crippen LogP contribution in [-0.2, 0) is 6.54 Å². The zero-order chi connectivity index (χ0) is 11.5. The lowest BCUT2D eigenvalue weighted by atomic mass is 10.4. The first-order chi connectivity index (χ1) is 7.65. The average molecular weight is 362 g/mol. The zero-order valence-electron chi connectivity index (χ0n) is 8.63. The van der Waals surface area contributed by atoms with E-state index >= 15 is 0 Å². The third kappa shape index (κ3) is 3.06. The number of halogens is 2. The van der Waals surface area contributed by atoms with Gasteiger partial charge >= 0.3 is 0 Å². The Morgan fingerprint density at radius 1 is 1.38 bits per heavy atom. The molecule has 2 aromatic rings. The quantitative estimate of drug-likeness (QED) is 0.864. The van der Waals surface area contributed by atoms with Crippen molar-refractivity contribution in [2.75, 3.05) is 5.32 Å². The van der Waals surface area contributed by atoms with Gasteiger partial charge in [-0.1, -0.05) is 0 Å². The molecule has 0 radical (unpaired) electrons. The van der Waals surface area contributed by atoms with Crippen LogP contribution >= 0.6 is 43.2 Å². The van der Waals surface area contributed by atoms with E-state index < -0.39 is 0 Å². The van der Waals surface area contributed by atoms with E-state index in [1.165, 1.54) is 9.75 Å². The van der Waals surface area contributed by atoms with Gasteiger partial charge in [-0.2, -0.15) is 0 Å². The summed E-state index contributed by atoms with van der Waals surface area (Å²) in [4.78, 5) is 6.95. The van der Waals surface area contributed by atoms with E-state index in [-0.39, 0.29) is 0 Å². The normalized spacial score (nSPS) is 10.4. The summed E-state index contributed by atoms with van der Waals surface area (Å²) in [5, 5.41) is 3.30. The van der Waals surface area contributed by atoms with Crippen LogP contribution < -0.4 is 5.32 Å². The van der Waals surface area contributed by atoms with Gasteiger partial charge in [-0.25, -0.2) is 4.98 Å². The number of anilines is 1. The second kappa shape index (κ2) is 5.29. The molecule has 0 spiro atoms. The van der Waals surface area contributed by atoms with Gasteiger partial charge in [0.2, 0.25) is 0 Å². The van der Waals surface area contributed by atoms with E-state index in [0.717, 1.165) is 21.3 Å². The first-order valence-corrected chi connectivity index (χ1v) is 7.15. The van der Waals surface area contributed by atoms with Crippen LogP contribution in [0, 0.1) is 6.92 Å². The fourth-order valence-electron chi connectivity index (χ4n) is 1.30. The highest BCUT2D eigenvalue weighted by Gasteiger charge is 2.02. The second-order valence-electron chi connectivity index (χ2n) is 3.35. The topological polar surface area (TPSA) is 24.9 Å². The molecule has 2 nitrogen and oxygen atoms in total. The highest BCUT2D eigenvalue weighted by Crippen LogP contribution is 2.24. The maximum atomic E-state index is 4.30. The van der Waals surface area contributed by atoms with Gasteiger partial charge in [0.15, 0.2) is 0 Å². The molecule has 0 amide bonds. The summed E-state index contributed by atoms with van der Waals surface area (Å²) in [6, 6.07) is 6.25. The molecule has 0 atom stereocenters. The number of aryl methyl sites for hydroxylation is 1. The van der Waals surface area contributed by atoms with E-state index in [0.29, 0.717) is 0 Å². The van der Waals surface area contributed by atoms with Crippen LogP contribution in [0.2, 0.25) is 0 Å². The van der Waals surface area contributed by atoms with Crippen molar-refractivity contribution in [2.24, 2.45) is 0 Å². The minimum Gasteiger partial charge on any atom is -0.364 e. The van der Waals surface area contributed by atoms with Crippen molar-refractivity contribution in [3.8, 4) is 0 Å². The molecule has 0 aliphatic heterocycles. The summed E-state index contributed by atoms with van der Waals surface area (Å²) >= 11 is 8.65. The van der Waals surface area contributed by atoms with E-state index in [1.54, 1.807) is 17.5 Å². The number of aromatic nitrogens is 1. The van der Waals surface area contributed by atoms with Crippen molar-refractivity contribution in [3.63, 3.8) is 0 Å². The molecular weight excluding hydrogens is 352 g/mol. The largest absolute Gasteiger partial charge is 0.364 e. The van der Waals surface area contributed by atoms with Gasteiger partial charge in [0.1, 0.15) is 5.82 Å². The highest BCUT2D eigenvalue weighted by molar-refractivity contribution is 9.11. The van der Waals surface area contributed by atoms with Gasteiger partial charge in [-0.3, -0.25) is 0 Å². The summed E-state index contributed by atoms with van der Waals surface area (Å²) in [6.45, 7) is 2.92. The summed E-state index contributed by atoms with van der Waals surface area (Å²) < 4.78 is 1.94. The first kappa shape index (κ1) is 12.1. The minimum atomic E-state index is 0.811. The Hall–Kier alpha value is -0.390. The standard InChI is InChI=1S/C11H10Br2N2S/c1-7-2-3-9(16-7)6-15-11-10(13)4-8(12)5-14-11/h2-5H,6H2,1H3,(H,14,15). The van der Waals surface area contributed by atoms with Gasteiger partial charge in [0.05, 0.1) is 11.0 Å². The van der Waals surface area contributed by atoms with Gasteiger partial charge in [-0.05, 0) is 57.0 Å². The average Bonchev–Trinajstić information content (AvgIpc) is 2.63. The summed E-state index contributed by atoms with van der Waals surface area (Å²) in [5.41, 5.74) is 0. The molecule has 0 aliphatic rings. The lowest BCUT2D eigenvalue weighted by Gasteiger charge is -2.06. The third-order valence-electron chi connectivity index (χ3n) is 2.03. The number of pyridine rings is 1. The number of rotatable bonds is 3. The fourth-order valence-corrected chi connectivity index (χ4v) is 3.25. The number of nitrogens with one attached hydrogen (secondary N) is 1. The Balaban J connectivity index is 2.04. The first-order valence-electron chi connectivity index (χ1n) is 4.75. The predicted octanol–water partition coefficient (Wildman–Crippen LogP) is 4.59. The van der Waals surface area contributed by atoms with Crippen LogP contribution in [0.25, 0.3) is 0 Å². The highest BCUT2D eigenvalue weighted by atomic mass is 79.9. The Labute approximate surface area is 115 Å². The molecule has 0 saturated heterocycles. The monoisotopic (exact) mass is 360 g/mol. The number of nitrogens with zero attached hydrogens (tertiary/aromatic N) is 1. The van der Waals surface area contributed by atoms with Gasteiger partial charge < -0.3 is 5.32 Å². The van der Waals surface area contributed by atoms with Crippen LogP contribution in [0.3, 0.4) is 0 Å². The molecule has 0 saturated carbocycles. The SMILES string of the molecule is Cc1ccc(CNc2ncc(Br)cc2Br)s1. The number of hydrogen-bond acceptors (Lipinski definition) is 3. The lowest BCUT2D eigenvalue weighted by Crippen LogP contribution is -2.00. The third-order valence-corrected chi connectivity index (χ3v) is 4.07. The molecule has 2 aromatic heterocycles. The van der Waals surface area contributed by atoms with E-state index in [9.17, 15) is 0 Å². The Kier molecular flexibility index (Phi) is 4.00. The Morgan fingerprint density at radius 2 is 2.19 bits per heavy atom. The predicted molar refractivity (Wildman–Crippen MR) is 76.0 cm³/mol. The summed E-state index contributed by atoms with van der Waals surface area (Å²) in [5.74, 6) is 0.870. The van der Waals surface area contributed by atoms with Crippen molar-refractivity contribution in [1.82, 2.24) is 4.98 Å². The van der Waals surface area contributed by atoms with Crippen LogP contribution in [0.4, 0.5) is 5.82 Å². The van der Waals surface area contributed by atoms with Crippen molar-refractivity contribution >= 4 is 49.0 Å². The molecule has 0 aliphatic carbocycles. The zero-order valence-corrected chi connectivity index (χ0v) is 12.6. The molecule has 0 bridgehead atoms. The molecule has 0 aromatic carbocycles. The fraction of sp³-hybridized carbons (Fsp3) is 0.182. The molecule has 1 N–H and O–H groups in total. The van der Waals surface area contributed by atoms with Crippen molar-refractivity contribution < 1.29 is 0 Å². The van der Waals surface area contributed by atoms with Crippen molar-refractivity contribution in [1.29, 1.82) is 0 Å². The van der Waals surface area contributed by atoms with E-state index in [2.05, 4.69) is 61.2 Å². The molecule has 0 unspecified atom stereocenters. The van der Waals surface area contributed by atoms with Crippen molar-refractivity contribution in [2.45, 2.75) is 13.5 Å². The van der Waals surface area contributed by atoms with Crippen LogP contribution in [0.5, 0.6) is 0 Å². The molecule has 2 heterocycles. The maximum Gasteiger partial charge on any atom is 0.140 e. The van der Waals surface area contributed by atoms with Gasteiger partial charge in [-0.15, -0.1) is 11.3 Å². The Bertz CT molecular complexity index is 496.